The van der Waals surface area contributed by atoms with E-state index in [-0.39, 0.29) is 18.3 Å². The molecule has 1 aromatic carbocycles. The molecule has 1 aliphatic heterocycles. The molecule has 0 bridgehead atoms. The van der Waals surface area contributed by atoms with Crippen LogP contribution in [0.2, 0.25) is 0 Å². The van der Waals surface area contributed by atoms with Gasteiger partial charge in [0.25, 0.3) is 0 Å². The third kappa shape index (κ3) is 1.89. The summed E-state index contributed by atoms with van der Waals surface area (Å²) in [6.07, 6.45) is 0.871. The third-order valence-electron chi connectivity index (χ3n) is 2.37. The lowest BCUT2D eigenvalue weighted by Crippen LogP contribution is -2.32. The van der Waals surface area contributed by atoms with Gasteiger partial charge in [-0.15, -0.1) is 12.4 Å². The van der Waals surface area contributed by atoms with Crippen molar-refractivity contribution in [2.75, 3.05) is 6.54 Å². The van der Waals surface area contributed by atoms with Gasteiger partial charge in [-0.1, -0.05) is 24.3 Å². The SMILES string of the molecule is Cl.NC1C(=O)NCCc2ccccc21. The number of halogens is 1. The van der Waals surface area contributed by atoms with Crippen molar-refractivity contribution in [1.29, 1.82) is 0 Å². The van der Waals surface area contributed by atoms with Crippen molar-refractivity contribution in [3.63, 3.8) is 0 Å². The van der Waals surface area contributed by atoms with Gasteiger partial charge in [-0.3, -0.25) is 4.79 Å². The number of carbonyl (C=O) groups excluding carboxylic acids is 1. The van der Waals surface area contributed by atoms with Gasteiger partial charge in [0.15, 0.2) is 0 Å². The van der Waals surface area contributed by atoms with Crippen molar-refractivity contribution in [1.82, 2.24) is 5.32 Å². The fourth-order valence-electron chi connectivity index (χ4n) is 1.64. The van der Waals surface area contributed by atoms with E-state index >= 15 is 0 Å². The molecule has 1 amide bonds. The highest BCUT2D eigenvalue weighted by Crippen LogP contribution is 2.18. The molecule has 4 heteroatoms. The summed E-state index contributed by atoms with van der Waals surface area (Å²) in [7, 11) is 0. The standard InChI is InChI=1S/C10H12N2O.ClH/c11-9-8-4-2-1-3-7(8)5-6-12-10(9)13;/h1-4,9H,5-6,11H2,(H,12,13);1H. The van der Waals surface area contributed by atoms with E-state index in [1.807, 2.05) is 24.3 Å². The molecule has 0 saturated carbocycles. The van der Waals surface area contributed by atoms with Crippen LogP contribution in [0.3, 0.4) is 0 Å². The molecular weight excluding hydrogens is 200 g/mol. The number of amides is 1. The van der Waals surface area contributed by atoms with Crippen LogP contribution in [-0.2, 0) is 11.2 Å². The number of rotatable bonds is 0. The Morgan fingerprint density at radius 2 is 2.07 bits per heavy atom. The summed E-state index contributed by atoms with van der Waals surface area (Å²) in [4.78, 5) is 11.3. The Morgan fingerprint density at radius 3 is 2.86 bits per heavy atom. The summed E-state index contributed by atoms with van der Waals surface area (Å²) in [5.74, 6) is -0.0787. The van der Waals surface area contributed by atoms with Gasteiger partial charge in [0.1, 0.15) is 6.04 Å². The lowest BCUT2D eigenvalue weighted by molar-refractivity contribution is -0.122. The molecule has 14 heavy (non-hydrogen) atoms. The average molecular weight is 213 g/mol. The number of hydrogen-bond acceptors (Lipinski definition) is 2. The third-order valence-corrected chi connectivity index (χ3v) is 2.37. The molecule has 1 aromatic rings. The van der Waals surface area contributed by atoms with Crippen LogP contribution in [0.4, 0.5) is 0 Å². The summed E-state index contributed by atoms with van der Waals surface area (Å²) >= 11 is 0. The van der Waals surface area contributed by atoms with E-state index in [1.165, 1.54) is 5.56 Å². The van der Waals surface area contributed by atoms with Gasteiger partial charge in [0.2, 0.25) is 5.91 Å². The number of fused-ring (bicyclic) bond motifs is 1. The van der Waals surface area contributed by atoms with E-state index < -0.39 is 6.04 Å². The monoisotopic (exact) mass is 212 g/mol. The minimum absolute atomic E-state index is 0. The molecule has 76 valence electrons. The highest BCUT2D eigenvalue weighted by atomic mass is 35.5. The predicted octanol–water partition coefficient (Wildman–Crippen LogP) is 0.780. The first-order chi connectivity index (χ1) is 6.29. The van der Waals surface area contributed by atoms with Gasteiger partial charge in [-0.2, -0.15) is 0 Å². The van der Waals surface area contributed by atoms with Gasteiger partial charge < -0.3 is 11.1 Å². The van der Waals surface area contributed by atoms with Gasteiger partial charge in [-0.25, -0.2) is 0 Å². The fourth-order valence-corrected chi connectivity index (χ4v) is 1.64. The van der Waals surface area contributed by atoms with Crippen molar-refractivity contribution in [2.24, 2.45) is 5.73 Å². The molecular formula is C10H13ClN2O. The van der Waals surface area contributed by atoms with Crippen LogP contribution < -0.4 is 11.1 Å². The Labute approximate surface area is 89.1 Å². The predicted molar refractivity (Wildman–Crippen MR) is 57.3 cm³/mol. The van der Waals surface area contributed by atoms with Crippen LogP contribution >= 0.6 is 12.4 Å². The Hall–Kier alpha value is -1.06. The van der Waals surface area contributed by atoms with E-state index in [2.05, 4.69) is 5.32 Å². The Morgan fingerprint density at radius 1 is 1.36 bits per heavy atom. The van der Waals surface area contributed by atoms with E-state index in [1.54, 1.807) is 0 Å². The van der Waals surface area contributed by atoms with Crippen molar-refractivity contribution < 1.29 is 4.79 Å². The maximum atomic E-state index is 11.3. The number of nitrogens with two attached hydrogens (primary N) is 1. The van der Waals surface area contributed by atoms with Crippen LogP contribution in [0.1, 0.15) is 17.2 Å². The molecule has 1 atom stereocenters. The zero-order chi connectivity index (χ0) is 9.26. The van der Waals surface area contributed by atoms with Crippen molar-refractivity contribution >= 4 is 18.3 Å². The highest BCUT2D eigenvalue weighted by Gasteiger charge is 2.20. The summed E-state index contributed by atoms with van der Waals surface area (Å²) in [6, 6.07) is 7.33. The summed E-state index contributed by atoms with van der Waals surface area (Å²) in [6.45, 7) is 0.684. The van der Waals surface area contributed by atoms with Gasteiger partial charge in [-0.05, 0) is 17.5 Å². The van der Waals surface area contributed by atoms with Crippen LogP contribution in [0.15, 0.2) is 24.3 Å². The molecule has 0 spiro atoms. The molecule has 0 aromatic heterocycles. The van der Waals surface area contributed by atoms with Crippen LogP contribution in [0.25, 0.3) is 0 Å². The molecule has 2 rings (SSSR count). The van der Waals surface area contributed by atoms with Gasteiger partial charge in [0.05, 0.1) is 0 Å². The molecule has 1 heterocycles. The maximum Gasteiger partial charge on any atom is 0.241 e. The highest BCUT2D eigenvalue weighted by molar-refractivity contribution is 5.85. The number of nitrogens with one attached hydrogen (secondary N) is 1. The first-order valence-electron chi connectivity index (χ1n) is 4.40. The van der Waals surface area contributed by atoms with Crippen molar-refractivity contribution in [2.45, 2.75) is 12.5 Å². The molecule has 0 fully saturated rings. The molecule has 0 aliphatic carbocycles. The van der Waals surface area contributed by atoms with Gasteiger partial charge in [0, 0.05) is 6.54 Å². The zero-order valence-electron chi connectivity index (χ0n) is 7.69. The van der Waals surface area contributed by atoms with E-state index in [0.717, 1.165) is 12.0 Å². The second-order valence-electron chi connectivity index (χ2n) is 3.22. The van der Waals surface area contributed by atoms with E-state index in [4.69, 9.17) is 5.73 Å². The second kappa shape index (κ2) is 4.44. The number of carbonyl (C=O) groups is 1. The molecule has 1 unspecified atom stereocenters. The van der Waals surface area contributed by atoms with E-state index in [0.29, 0.717) is 6.54 Å². The molecule has 1 aliphatic rings. The lowest BCUT2D eigenvalue weighted by Gasteiger charge is -2.09. The molecule has 3 nitrogen and oxygen atoms in total. The maximum absolute atomic E-state index is 11.3. The zero-order valence-corrected chi connectivity index (χ0v) is 8.51. The normalized spacial score (nSPS) is 20.1. The van der Waals surface area contributed by atoms with Crippen LogP contribution in [0, 0.1) is 0 Å². The average Bonchev–Trinajstić information content (AvgIpc) is 2.29. The topological polar surface area (TPSA) is 55.1 Å². The summed E-state index contributed by atoms with van der Waals surface area (Å²) < 4.78 is 0. The Bertz CT molecular complexity index is 341. The fraction of sp³-hybridized carbons (Fsp3) is 0.300. The number of benzene rings is 1. The van der Waals surface area contributed by atoms with Crippen molar-refractivity contribution in [3.8, 4) is 0 Å². The quantitative estimate of drug-likeness (QED) is 0.668. The smallest absolute Gasteiger partial charge is 0.241 e. The lowest BCUT2D eigenvalue weighted by atomic mass is 10.00. The molecule has 3 N–H and O–H groups in total. The second-order valence-corrected chi connectivity index (χ2v) is 3.22. The summed E-state index contributed by atoms with van der Waals surface area (Å²) in [5, 5.41) is 2.78. The largest absolute Gasteiger partial charge is 0.354 e. The van der Waals surface area contributed by atoms with Crippen LogP contribution in [0.5, 0.6) is 0 Å². The minimum atomic E-state index is -0.501. The summed E-state index contributed by atoms with van der Waals surface area (Å²) in [5.41, 5.74) is 7.91. The molecule has 0 saturated heterocycles. The molecule has 0 radical (unpaired) electrons. The van der Waals surface area contributed by atoms with Crippen molar-refractivity contribution in [3.05, 3.63) is 35.4 Å². The minimum Gasteiger partial charge on any atom is -0.354 e. The van der Waals surface area contributed by atoms with Crippen LogP contribution in [-0.4, -0.2) is 12.5 Å². The van der Waals surface area contributed by atoms with E-state index in [9.17, 15) is 4.79 Å². The first kappa shape index (κ1) is 11.0. The first-order valence-corrected chi connectivity index (χ1v) is 4.40. The number of hydrogen-bond donors (Lipinski definition) is 2. The Kier molecular flexibility index (Phi) is 3.49. The van der Waals surface area contributed by atoms with Gasteiger partial charge >= 0.3 is 0 Å². The Balaban J connectivity index is 0.000000980.